The minimum atomic E-state index is -4.04. The molecule has 0 bridgehead atoms. The first-order chi connectivity index (χ1) is 13.7. The van der Waals surface area contributed by atoms with Gasteiger partial charge in [-0.25, -0.2) is 4.79 Å². The maximum Gasteiger partial charge on any atom is 0.407 e. The van der Waals surface area contributed by atoms with Crippen LogP contribution in [0.4, 0.5) is 4.39 Å². The topological polar surface area (TPSA) is 107 Å². The second kappa shape index (κ2) is 9.74. The van der Waals surface area contributed by atoms with Crippen LogP contribution in [0, 0.1) is 11.8 Å². The number of aliphatic hydroxyl groups excluding tert-OH is 1. The molecule has 1 fully saturated rings. The largest absolute Gasteiger partial charge is 0.500 e. The van der Waals surface area contributed by atoms with Gasteiger partial charge in [-0.2, -0.15) is 4.39 Å². The van der Waals surface area contributed by atoms with E-state index in [9.17, 15) is 29.6 Å². The Morgan fingerprint density at radius 1 is 1.28 bits per heavy atom. The number of alkyl halides is 1. The number of hydrogen-bond acceptors (Lipinski definition) is 5. The van der Waals surface area contributed by atoms with Crippen molar-refractivity contribution in [2.45, 2.75) is 50.7 Å². The quantitative estimate of drug-likeness (QED) is 0.215. The van der Waals surface area contributed by atoms with E-state index >= 15 is 0 Å². The number of rotatable bonds is 9. The van der Waals surface area contributed by atoms with Crippen LogP contribution in [0.3, 0.4) is 0 Å². The number of allylic oxidation sites excluding steroid dienone is 2. The van der Waals surface area contributed by atoms with Gasteiger partial charge in [0.2, 0.25) is 5.76 Å². The Balaban J connectivity index is 2.20. The van der Waals surface area contributed by atoms with Crippen molar-refractivity contribution in [3.05, 3.63) is 60.1 Å². The number of carbonyl (C=O) groups is 1. The molecular weight excluding hydrogens is 379 g/mol. The van der Waals surface area contributed by atoms with Gasteiger partial charge >= 0.3 is 17.6 Å². The fraction of sp³-hybridized carbons (Fsp3) is 0.455. The van der Waals surface area contributed by atoms with Crippen molar-refractivity contribution in [2.75, 3.05) is 0 Å². The number of benzene rings is 1. The lowest BCUT2D eigenvalue weighted by molar-refractivity contribution is -0.297. The Hall–Kier alpha value is -2.60. The third-order valence-electron chi connectivity index (χ3n) is 5.05. The van der Waals surface area contributed by atoms with Crippen LogP contribution in [0.25, 0.3) is 0 Å². The molecule has 1 aliphatic carbocycles. The Morgan fingerprint density at radius 3 is 2.59 bits per heavy atom. The standard InChI is InChI=1S/C22H27FO6/c1-2-3-9-16-10-7-11-17(16)12-8-15-19(24)22(27,28)21(23,20(25)26)29-18-13-5-4-6-14-18/h3-6,8-9,13-14,16-17,24,27-28H,2,7,10-12H2,1H3,(H,25,26)/b9-3+/t15?,16-,17+,21?/m0/s1/i24+0,27+0,28+0. The van der Waals surface area contributed by atoms with E-state index in [4.69, 9.17) is 0 Å². The number of aliphatic hydroxyl groups is 3. The molecule has 1 aliphatic rings. The Kier molecular flexibility index (Phi) is 7.62. The molecule has 7 heteroatoms. The van der Waals surface area contributed by atoms with E-state index in [0.29, 0.717) is 18.3 Å². The van der Waals surface area contributed by atoms with Crippen molar-refractivity contribution in [1.29, 1.82) is 0 Å². The molecule has 158 valence electrons. The summed E-state index contributed by atoms with van der Waals surface area (Å²) in [5.74, 6) is -11.2. The lowest BCUT2D eigenvalue weighted by Crippen LogP contribution is -2.61. The van der Waals surface area contributed by atoms with Gasteiger partial charge in [-0.15, -0.1) is 0 Å². The van der Waals surface area contributed by atoms with Crippen molar-refractivity contribution < 1.29 is 34.3 Å². The molecule has 0 spiro atoms. The summed E-state index contributed by atoms with van der Waals surface area (Å²) in [6.07, 6.45) is 10.1. The molecule has 3 atom stereocenters. The van der Waals surface area contributed by atoms with Gasteiger partial charge in [-0.1, -0.05) is 49.4 Å². The summed E-state index contributed by atoms with van der Waals surface area (Å²) < 4.78 is 19.7. The van der Waals surface area contributed by atoms with Crippen LogP contribution >= 0.6 is 0 Å². The summed E-state index contributed by atoms with van der Waals surface area (Å²) in [5.41, 5.74) is 2.21. The third kappa shape index (κ3) is 5.26. The molecular formula is C22H27FO6. The maximum absolute atomic E-state index is 15.0. The molecule has 0 heterocycles. The van der Waals surface area contributed by atoms with Crippen LogP contribution in [0.2, 0.25) is 0 Å². The molecule has 2 rings (SSSR count). The van der Waals surface area contributed by atoms with Gasteiger partial charge in [0.15, 0.2) is 0 Å². The van der Waals surface area contributed by atoms with Crippen LogP contribution in [0.1, 0.15) is 39.0 Å². The Morgan fingerprint density at radius 2 is 1.97 bits per heavy atom. The zero-order valence-electron chi connectivity index (χ0n) is 16.3. The highest BCUT2D eigenvalue weighted by atomic mass is 19.2. The molecule has 0 radical (unpaired) electrons. The summed E-state index contributed by atoms with van der Waals surface area (Å²) in [4.78, 5) is 11.4. The smallest absolute Gasteiger partial charge is 0.407 e. The van der Waals surface area contributed by atoms with Crippen molar-refractivity contribution in [2.24, 2.45) is 11.8 Å². The zero-order chi connectivity index (χ0) is 21.5. The minimum absolute atomic E-state index is 0.252. The van der Waals surface area contributed by atoms with Crippen LogP contribution in [-0.2, 0) is 4.79 Å². The fourth-order valence-corrected chi connectivity index (χ4v) is 3.40. The summed E-state index contributed by atoms with van der Waals surface area (Å²) in [7, 11) is 0. The molecule has 4 N–H and O–H groups in total. The first-order valence-electron chi connectivity index (χ1n) is 9.64. The number of para-hydroxylation sites is 1. The van der Waals surface area contributed by atoms with Crippen molar-refractivity contribution in [3.63, 3.8) is 0 Å². The highest BCUT2D eigenvalue weighted by Crippen LogP contribution is 2.36. The first-order valence-corrected chi connectivity index (χ1v) is 9.64. The van der Waals surface area contributed by atoms with Gasteiger partial charge in [0.1, 0.15) is 5.75 Å². The number of hydrogen-bond donors (Lipinski definition) is 4. The number of carboxylic acids is 1. The Labute approximate surface area is 169 Å². The van der Waals surface area contributed by atoms with E-state index in [2.05, 4.69) is 22.6 Å². The summed E-state index contributed by atoms with van der Waals surface area (Å²) >= 11 is 0. The zero-order valence-corrected chi connectivity index (χ0v) is 16.3. The molecule has 6 nitrogen and oxygen atoms in total. The third-order valence-corrected chi connectivity index (χ3v) is 5.05. The van der Waals surface area contributed by atoms with Gasteiger partial charge in [0, 0.05) is 0 Å². The average Bonchev–Trinajstić information content (AvgIpc) is 3.13. The molecule has 0 aromatic heterocycles. The van der Waals surface area contributed by atoms with Crippen LogP contribution in [0.5, 0.6) is 5.75 Å². The van der Waals surface area contributed by atoms with Gasteiger partial charge in [-0.05, 0) is 55.7 Å². The molecule has 0 amide bonds. The number of carboxylic acid groups (broad SMARTS) is 1. The molecule has 1 aromatic carbocycles. The van der Waals surface area contributed by atoms with E-state index in [1.807, 2.05) is 6.92 Å². The lowest BCUT2D eigenvalue weighted by Gasteiger charge is -2.32. The normalized spacial score (nSPS) is 21.4. The van der Waals surface area contributed by atoms with Gasteiger partial charge in [-0.3, -0.25) is 0 Å². The van der Waals surface area contributed by atoms with Gasteiger partial charge in [0.25, 0.3) is 0 Å². The highest BCUT2D eigenvalue weighted by molar-refractivity contribution is 5.78. The summed E-state index contributed by atoms with van der Waals surface area (Å²) in [6, 6.07) is 6.98. The second-order valence-corrected chi connectivity index (χ2v) is 7.11. The monoisotopic (exact) mass is 406 g/mol. The van der Waals surface area contributed by atoms with E-state index < -0.39 is 23.4 Å². The Bertz CT molecular complexity index is 782. The van der Waals surface area contributed by atoms with E-state index in [-0.39, 0.29) is 5.75 Å². The molecule has 1 aromatic rings. The summed E-state index contributed by atoms with van der Waals surface area (Å²) in [5, 5.41) is 39.4. The number of halogens is 1. The summed E-state index contributed by atoms with van der Waals surface area (Å²) in [6.45, 7) is 2.05. The SMILES string of the molecule is CC/C=C/[C@H]1CCC[C@@H]1CC=C=C([16OH])C([16OH])([16OH])C(F)(Oc1ccccc1)C(=O)O. The van der Waals surface area contributed by atoms with Gasteiger partial charge in [0.05, 0.1) is 0 Å². The molecule has 1 unspecified atom stereocenters. The van der Waals surface area contributed by atoms with E-state index in [0.717, 1.165) is 25.7 Å². The number of ether oxygens (including phenoxy) is 1. The predicted molar refractivity (Wildman–Crippen MR) is 105 cm³/mol. The van der Waals surface area contributed by atoms with Crippen LogP contribution < -0.4 is 4.74 Å². The van der Waals surface area contributed by atoms with Crippen LogP contribution in [-0.4, -0.2) is 38.0 Å². The fourth-order valence-electron chi connectivity index (χ4n) is 3.40. The highest BCUT2D eigenvalue weighted by Gasteiger charge is 2.63. The molecule has 0 aliphatic heterocycles. The number of aliphatic carboxylic acids is 1. The lowest BCUT2D eigenvalue weighted by atomic mass is 9.92. The average molecular weight is 406 g/mol. The minimum Gasteiger partial charge on any atom is -0.500 e. The molecule has 1 saturated carbocycles. The molecule has 0 saturated heterocycles. The van der Waals surface area contributed by atoms with Crippen LogP contribution in [0.15, 0.2) is 60.1 Å². The maximum atomic E-state index is 15.0. The van der Waals surface area contributed by atoms with Crippen molar-refractivity contribution in [3.8, 4) is 5.75 Å². The molecule has 29 heavy (non-hydrogen) atoms. The van der Waals surface area contributed by atoms with E-state index in [1.165, 1.54) is 30.3 Å². The second-order valence-electron chi connectivity index (χ2n) is 7.11. The van der Waals surface area contributed by atoms with Crippen molar-refractivity contribution >= 4 is 5.97 Å². The van der Waals surface area contributed by atoms with Gasteiger partial charge < -0.3 is 25.2 Å². The van der Waals surface area contributed by atoms with E-state index in [1.54, 1.807) is 6.07 Å². The predicted octanol–water partition coefficient (Wildman–Crippen LogP) is 3.87. The first kappa shape index (κ1) is 22.7. The van der Waals surface area contributed by atoms with Crippen molar-refractivity contribution in [1.82, 2.24) is 0 Å².